The Labute approximate surface area is 120 Å². The van der Waals surface area contributed by atoms with Crippen LogP contribution in [0.3, 0.4) is 0 Å². The van der Waals surface area contributed by atoms with Gasteiger partial charge in [0.15, 0.2) is 0 Å². The number of nitrogens with one attached hydrogen (secondary N) is 2. The van der Waals surface area contributed by atoms with Crippen molar-refractivity contribution in [2.24, 2.45) is 0 Å². The second kappa shape index (κ2) is 7.21. The fraction of sp³-hybridized carbons (Fsp3) is 0.357. The van der Waals surface area contributed by atoms with Gasteiger partial charge in [-0.25, -0.2) is 13.1 Å². The van der Waals surface area contributed by atoms with Gasteiger partial charge in [0.1, 0.15) is 0 Å². The van der Waals surface area contributed by atoms with Crippen LogP contribution < -0.4 is 10.0 Å². The molecular weight excluding hydrogens is 276 g/mol. The van der Waals surface area contributed by atoms with Crippen molar-refractivity contribution in [2.45, 2.75) is 25.2 Å². The molecule has 1 amide bonds. The summed E-state index contributed by atoms with van der Waals surface area (Å²) < 4.78 is 26.4. The lowest BCUT2D eigenvalue weighted by Crippen LogP contribution is -2.27. The number of hydrogen-bond donors (Lipinski definition) is 2. The molecule has 0 aliphatic carbocycles. The van der Waals surface area contributed by atoms with Crippen LogP contribution in [0.25, 0.3) is 0 Å². The Morgan fingerprint density at radius 1 is 1.40 bits per heavy atom. The molecule has 0 saturated carbocycles. The number of amides is 1. The van der Waals surface area contributed by atoms with Crippen molar-refractivity contribution in [1.82, 2.24) is 10.0 Å². The summed E-state index contributed by atoms with van der Waals surface area (Å²) in [6, 6.07) is 4.51. The average Bonchev–Trinajstić information content (AvgIpc) is 2.42. The van der Waals surface area contributed by atoms with Gasteiger partial charge in [-0.3, -0.25) is 4.79 Å². The molecule has 0 aliphatic rings. The molecule has 5 nitrogen and oxygen atoms in total. The summed E-state index contributed by atoms with van der Waals surface area (Å²) in [4.78, 5) is 12.1. The Hall–Kier alpha value is -1.66. The zero-order valence-corrected chi connectivity index (χ0v) is 12.6. The SMILES string of the molecule is C=CCNS(=O)(=O)c1ccc(C)c(C(=O)NCCC)c1. The quantitative estimate of drug-likeness (QED) is 0.750. The first-order chi connectivity index (χ1) is 9.42. The maximum absolute atomic E-state index is 12.0. The zero-order valence-electron chi connectivity index (χ0n) is 11.8. The largest absolute Gasteiger partial charge is 0.352 e. The number of benzene rings is 1. The van der Waals surface area contributed by atoms with Gasteiger partial charge in [-0.2, -0.15) is 0 Å². The van der Waals surface area contributed by atoms with Gasteiger partial charge in [0.05, 0.1) is 4.90 Å². The summed E-state index contributed by atoms with van der Waals surface area (Å²) in [7, 11) is -3.62. The van der Waals surface area contributed by atoms with E-state index in [0.29, 0.717) is 12.1 Å². The maximum atomic E-state index is 12.0. The molecule has 1 aromatic carbocycles. The van der Waals surface area contributed by atoms with E-state index < -0.39 is 10.0 Å². The second-order valence-corrected chi connectivity index (χ2v) is 6.14. The Kier molecular flexibility index (Phi) is 5.91. The molecule has 110 valence electrons. The molecule has 0 fully saturated rings. The van der Waals surface area contributed by atoms with E-state index in [0.717, 1.165) is 12.0 Å². The van der Waals surface area contributed by atoms with E-state index >= 15 is 0 Å². The maximum Gasteiger partial charge on any atom is 0.251 e. The molecule has 0 heterocycles. The van der Waals surface area contributed by atoms with Crippen LogP contribution in [0.4, 0.5) is 0 Å². The number of sulfonamides is 1. The van der Waals surface area contributed by atoms with Gasteiger partial charge < -0.3 is 5.32 Å². The highest BCUT2D eigenvalue weighted by molar-refractivity contribution is 7.89. The van der Waals surface area contributed by atoms with Crippen molar-refractivity contribution >= 4 is 15.9 Å². The van der Waals surface area contributed by atoms with E-state index in [4.69, 9.17) is 0 Å². The van der Waals surface area contributed by atoms with Crippen LogP contribution in [0, 0.1) is 6.92 Å². The molecule has 0 saturated heterocycles. The van der Waals surface area contributed by atoms with Crippen molar-refractivity contribution in [3.05, 3.63) is 42.0 Å². The molecule has 0 bridgehead atoms. The number of carbonyl (C=O) groups is 1. The lowest BCUT2D eigenvalue weighted by atomic mass is 10.1. The molecule has 0 unspecified atom stereocenters. The van der Waals surface area contributed by atoms with Crippen molar-refractivity contribution < 1.29 is 13.2 Å². The third kappa shape index (κ3) is 4.18. The molecule has 20 heavy (non-hydrogen) atoms. The minimum Gasteiger partial charge on any atom is -0.352 e. The predicted molar refractivity (Wildman–Crippen MR) is 79.2 cm³/mol. The lowest BCUT2D eigenvalue weighted by Gasteiger charge is -2.10. The van der Waals surface area contributed by atoms with E-state index in [-0.39, 0.29) is 17.3 Å². The van der Waals surface area contributed by atoms with Crippen LogP contribution in [-0.4, -0.2) is 27.4 Å². The van der Waals surface area contributed by atoms with Crippen molar-refractivity contribution in [3.8, 4) is 0 Å². The van der Waals surface area contributed by atoms with E-state index in [1.165, 1.54) is 18.2 Å². The first-order valence-electron chi connectivity index (χ1n) is 6.41. The number of aryl methyl sites for hydroxylation is 1. The molecule has 0 atom stereocenters. The highest BCUT2D eigenvalue weighted by Crippen LogP contribution is 2.15. The Balaban J connectivity index is 3.08. The van der Waals surface area contributed by atoms with Gasteiger partial charge in [-0.1, -0.05) is 19.1 Å². The van der Waals surface area contributed by atoms with Crippen LogP contribution in [0.1, 0.15) is 29.3 Å². The van der Waals surface area contributed by atoms with Gasteiger partial charge in [-0.05, 0) is 31.0 Å². The summed E-state index contributed by atoms with van der Waals surface area (Å²) in [6.45, 7) is 7.89. The highest BCUT2D eigenvalue weighted by Gasteiger charge is 2.17. The number of hydrogen-bond acceptors (Lipinski definition) is 3. The van der Waals surface area contributed by atoms with Gasteiger partial charge in [0, 0.05) is 18.7 Å². The summed E-state index contributed by atoms with van der Waals surface area (Å²) in [5.41, 5.74) is 1.11. The molecule has 0 radical (unpaired) electrons. The fourth-order valence-corrected chi connectivity index (χ4v) is 2.62. The minimum atomic E-state index is -3.62. The Morgan fingerprint density at radius 2 is 2.10 bits per heavy atom. The van der Waals surface area contributed by atoms with Gasteiger partial charge in [0.2, 0.25) is 10.0 Å². The monoisotopic (exact) mass is 296 g/mol. The topological polar surface area (TPSA) is 75.3 Å². The molecule has 6 heteroatoms. The van der Waals surface area contributed by atoms with E-state index in [1.807, 2.05) is 6.92 Å². The Bertz CT molecular complexity index is 594. The zero-order chi connectivity index (χ0) is 15.2. The molecule has 0 aliphatic heterocycles. The van der Waals surface area contributed by atoms with Crippen LogP contribution >= 0.6 is 0 Å². The molecule has 1 rings (SSSR count). The van der Waals surface area contributed by atoms with Gasteiger partial charge in [0.25, 0.3) is 5.91 Å². The molecule has 2 N–H and O–H groups in total. The standard InChI is InChI=1S/C14H20N2O3S/c1-4-8-15-14(17)13-10-12(7-6-11(13)3)20(18,19)16-9-5-2/h5-7,10,16H,2,4,8-9H2,1,3H3,(H,15,17). The molecule has 0 aromatic heterocycles. The van der Waals surface area contributed by atoms with Crippen LogP contribution in [0.2, 0.25) is 0 Å². The van der Waals surface area contributed by atoms with E-state index in [9.17, 15) is 13.2 Å². The lowest BCUT2D eigenvalue weighted by molar-refractivity contribution is 0.0953. The van der Waals surface area contributed by atoms with Crippen LogP contribution in [0.15, 0.2) is 35.7 Å². The molecule has 1 aromatic rings. The third-order valence-corrected chi connectivity index (χ3v) is 4.14. The summed E-state index contributed by atoms with van der Waals surface area (Å²) in [5.74, 6) is -0.259. The normalized spacial score (nSPS) is 11.1. The van der Waals surface area contributed by atoms with Crippen molar-refractivity contribution in [1.29, 1.82) is 0 Å². The highest BCUT2D eigenvalue weighted by atomic mass is 32.2. The van der Waals surface area contributed by atoms with Crippen LogP contribution in [-0.2, 0) is 10.0 Å². The first kappa shape index (κ1) is 16.4. The molecule has 0 spiro atoms. The number of carbonyl (C=O) groups excluding carboxylic acids is 1. The summed E-state index contributed by atoms with van der Waals surface area (Å²) in [6.07, 6.45) is 2.28. The first-order valence-corrected chi connectivity index (χ1v) is 7.90. The summed E-state index contributed by atoms with van der Waals surface area (Å²) in [5, 5.41) is 2.74. The second-order valence-electron chi connectivity index (χ2n) is 4.37. The molecular formula is C14H20N2O3S. The van der Waals surface area contributed by atoms with Crippen LogP contribution in [0.5, 0.6) is 0 Å². The predicted octanol–water partition coefficient (Wildman–Crippen LogP) is 1.60. The third-order valence-electron chi connectivity index (χ3n) is 2.72. The van der Waals surface area contributed by atoms with E-state index in [1.54, 1.807) is 13.0 Å². The Morgan fingerprint density at radius 3 is 2.70 bits per heavy atom. The minimum absolute atomic E-state index is 0.0756. The fourth-order valence-electron chi connectivity index (χ4n) is 1.60. The van der Waals surface area contributed by atoms with Gasteiger partial charge >= 0.3 is 0 Å². The van der Waals surface area contributed by atoms with Crippen molar-refractivity contribution in [2.75, 3.05) is 13.1 Å². The van der Waals surface area contributed by atoms with Crippen molar-refractivity contribution in [3.63, 3.8) is 0 Å². The smallest absolute Gasteiger partial charge is 0.251 e. The number of rotatable bonds is 7. The average molecular weight is 296 g/mol. The van der Waals surface area contributed by atoms with E-state index in [2.05, 4.69) is 16.6 Å². The van der Waals surface area contributed by atoms with Gasteiger partial charge in [-0.15, -0.1) is 6.58 Å². The summed E-state index contributed by atoms with van der Waals surface area (Å²) >= 11 is 0.